The largest absolute Gasteiger partial charge is 0.416 e. The van der Waals surface area contributed by atoms with Crippen LogP contribution in [-0.2, 0) is 31.1 Å². The number of halogens is 3. The molecule has 2 fully saturated rings. The van der Waals surface area contributed by atoms with Gasteiger partial charge in [-0.05, 0) is 24.5 Å². The molecular weight excluding hydrogens is 415 g/mol. The number of hydrogen-bond acceptors (Lipinski definition) is 5. The molecule has 8 unspecified atom stereocenters. The van der Waals surface area contributed by atoms with Gasteiger partial charge in [-0.2, -0.15) is 13.2 Å². The molecular formula is C18H25F3O5P2. The molecule has 1 aliphatic heterocycles. The predicted octanol–water partition coefficient (Wildman–Crippen LogP) is 3.50. The molecule has 28 heavy (non-hydrogen) atoms. The van der Waals surface area contributed by atoms with Crippen molar-refractivity contribution in [2.45, 2.75) is 62.6 Å². The molecule has 1 aromatic carbocycles. The lowest BCUT2D eigenvalue weighted by Crippen LogP contribution is -2.33. The third-order valence-corrected chi connectivity index (χ3v) is 6.12. The van der Waals surface area contributed by atoms with Crippen LogP contribution < -0.4 is 0 Å². The van der Waals surface area contributed by atoms with Crippen LogP contribution >= 0.6 is 18.9 Å². The molecule has 3 rings (SSSR count). The Bertz CT molecular complexity index is 648. The first kappa shape index (κ1) is 22.4. The molecule has 0 aromatic heterocycles. The van der Waals surface area contributed by atoms with Crippen LogP contribution in [0.3, 0.4) is 0 Å². The molecule has 1 aromatic rings. The monoisotopic (exact) mass is 440 g/mol. The first-order chi connectivity index (χ1) is 13.3. The maximum absolute atomic E-state index is 12.8. The SMILES string of the molecule is OC1CC2C(CC(OP)C2OCC(CCc2cccc(C(F)(F)F)c2)OP)O1. The van der Waals surface area contributed by atoms with Crippen LogP contribution in [0.1, 0.15) is 30.4 Å². The Kier molecular flexibility index (Phi) is 7.71. The van der Waals surface area contributed by atoms with E-state index >= 15 is 0 Å². The number of benzene rings is 1. The standard InChI is InChI=1S/C18H25F3O5P2/c19-18(20,21)11-3-1-2-10(6-11)4-5-12(25-27)9-23-17-13-7-16(22)24-14(13)8-15(17)26-28/h1-3,6,12-17,22H,4-5,7-9,27-28H2. The fourth-order valence-corrected chi connectivity index (χ4v) is 4.44. The highest BCUT2D eigenvalue weighted by molar-refractivity contribution is 7.10. The molecule has 0 bridgehead atoms. The molecule has 5 nitrogen and oxygen atoms in total. The number of alkyl halides is 3. The Morgan fingerprint density at radius 1 is 1.25 bits per heavy atom. The summed E-state index contributed by atoms with van der Waals surface area (Å²) in [6.07, 6.45) is -3.80. The zero-order chi connectivity index (χ0) is 20.3. The Morgan fingerprint density at radius 2 is 2.04 bits per heavy atom. The summed E-state index contributed by atoms with van der Waals surface area (Å²) in [7, 11) is 4.44. The van der Waals surface area contributed by atoms with Gasteiger partial charge in [0.2, 0.25) is 0 Å². The maximum Gasteiger partial charge on any atom is 0.416 e. The van der Waals surface area contributed by atoms with Crippen molar-refractivity contribution < 1.29 is 36.8 Å². The highest BCUT2D eigenvalue weighted by Gasteiger charge is 2.50. The first-order valence-electron chi connectivity index (χ1n) is 9.14. The van der Waals surface area contributed by atoms with Gasteiger partial charge in [-0.15, -0.1) is 0 Å². The second kappa shape index (κ2) is 9.65. The summed E-state index contributed by atoms with van der Waals surface area (Å²) in [6, 6.07) is 5.31. The third-order valence-electron chi connectivity index (χ3n) is 5.39. The van der Waals surface area contributed by atoms with Crippen molar-refractivity contribution in [2.24, 2.45) is 5.92 Å². The van der Waals surface area contributed by atoms with E-state index in [0.717, 1.165) is 12.1 Å². The molecule has 0 radical (unpaired) electrons. The Labute approximate surface area is 166 Å². The van der Waals surface area contributed by atoms with Crippen molar-refractivity contribution in [3.63, 3.8) is 0 Å². The van der Waals surface area contributed by atoms with Crippen LogP contribution in [0.25, 0.3) is 0 Å². The summed E-state index contributed by atoms with van der Waals surface area (Å²) in [5, 5.41) is 9.69. The van der Waals surface area contributed by atoms with E-state index < -0.39 is 18.0 Å². The van der Waals surface area contributed by atoms with Crippen molar-refractivity contribution in [1.29, 1.82) is 0 Å². The summed E-state index contributed by atoms with van der Waals surface area (Å²) in [4.78, 5) is 0. The third kappa shape index (κ3) is 5.42. The van der Waals surface area contributed by atoms with Gasteiger partial charge in [-0.3, -0.25) is 0 Å². The van der Waals surface area contributed by atoms with Crippen molar-refractivity contribution >= 4 is 18.9 Å². The van der Waals surface area contributed by atoms with Crippen LogP contribution in [-0.4, -0.2) is 42.4 Å². The van der Waals surface area contributed by atoms with Gasteiger partial charge < -0.3 is 23.6 Å². The number of hydrogen-bond donors (Lipinski definition) is 1. The van der Waals surface area contributed by atoms with Crippen molar-refractivity contribution in [3.05, 3.63) is 35.4 Å². The fraction of sp³-hybridized carbons (Fsp3) is 0.667. The molecule has 2 aliphatic rings. The second-order valence-electron chi connectivity index (χ2n) is 7.23. The van der Waals surface area contributed by atoms with Gasteiger partial charge in [0.05, 0.1) is 36.6 Å². The van der Waals surface area contributed by atoms with E-state index in [9.17, 15) is 18.3 Å². The minimum Gasteiger partial charge on any atom is -0.372 e. The van der Waals surface area contributed by atoms with Gasteiger partial charge in [0.15, 0.2) is 6.29 Å². The lowest BCUT2D eigenvalue weighted by Gasteiger charge is -2.25. The molecule has 10 heteroatoms. The van der Waals surface area contributed by atoms with E-state index in [0.29, 0.717) is 31.2 Å². The summed E-state index contributed by atoms with van der Waals surface area (Å²) in [6.45, 7) is 0.275. The van der Waals surface area contributed by atoms with E-state index in [-0.39, 0.29) is 36.9 Å². The minimum atomic E-state index is -4.35. The first-order valence-corrected chi connectivity index (χ1v) is 10.1. The average Bonchev–Trinajstić information content (AvgIpc) is 3.17. The lowest BCUT2D eigenvalue weighted by molar-refractivity contribution is -0.137. The van der Waals surface area contributed by atoms with Gasteiger partial charge >= 0.3 is 6.18 Å². The molecule has 1 aliphatic carbocycles. The smallest absolute Gasteiger partial charge is 0.372 e. The maximum atomic E-state index is 12.8. The van der Waals surface area contributed by atoms with Gasteiger partial charge in [-0.25, -0.2) is 0 Å². The van der Waals surface area contributed by atoms with Crippen LogP contribution in [0.15, 0.2) is 24.3 Å². The van der Waals surface area contributed by atoms with Gasteiger partial charge in [0, 0.05) is 37.7 Å². The molecule has 8 atom stereocenters. The molecule has 1 N–H and O–H groups in total. The number of aliphatic hydroxyl groups excluding tert-OH is 1. The van der Waals surface area contributed by atoms with Crippen LogP contribution in [0.2, 0.25) is 0 Å². The van der Waals surface area contributed by atoms with Crippen molar-refractivity contribution in [3.8, 4) is 0 Å². The Balaban J connectivity index is 1.53. The number of aryl methyl sites for hydroxylation is 1. The van der Waals surface area contributed by atoms with Crippen molar-refractivity contribution in [1.82, 2.24) is 0 Å². The number of fused-ring (bicyclic) bond motifs is 1. The lowest BCUT2D eigenvalue weighted by atomic mass is 10.0. The minimum absolute atomic E-state index is 0.0502. The molecule has 1 heterocycles. The van der Waals surface area contributed by atoms with Gasteiger partial charge in [-0.1, -0.05) is 18.2 Å². The highest BCUT2D eigenvalue weighted by atomic mass is 31.0. The molecule has 1 saturated heterocycles. The highest BCUT2D eigenvalue weighted by Crippen LogP contribution is 2.42. The normalized spacial score (nSPS) is 31.1. The van der Waals surface area contributed by atoms with E-state index in [4.69, 9.17) is 18.5 Å². The Hall–Kier alpha value is -0.330. The number of rotatable bonds is 8. The number of aliphatic hydroxyl groups is 1. The van der Waals surface area contributed by atoms with Crippen LogP contribution in [0.5, 0.6) is 0 Å². The fourth-order valence-electron chi connectivity index (χ4n) is 3.96. The summed E-state index contributed by atoms with van der Waals surface area (Å²) >= 11 is 0. The van der Waals surface area contributed by atoms with Gasteiger partial charge in [0.25, 0.3) is 0 Å². The van der Waals surface area contributed by atoms with E-state index in [2.05, 4.69) is 18.9 Å². The molecule has 0 amide bonds. The summed E-state index contributed by atoms with van der Waals surface area (Å²) < 4.78 is 60.8. The zero-order valence-electron chi connectivity index (χ0n) is 15.2. The molecule has 158 valence electrons. The van der Waals surface area contributed by atoms with Crippen LogP contribution in [0, 0.1) is 5.92 Å². The second-order valence-corrected chi connectivity index (χ2v) is 7.78. The zero-order valence-corrected chi connectivity index (χ0v) is 17.5. The van der Waals surface area contributed by atoms with E-state index in [1.54, 1.807) is 6.07 Å². The molecule has 1 saturated carbocycles. The summed E-state index contributed by atoms with van der Waals surface area (Å²) in [5.41, 5.74) is -0.0527. The van der Waals surface area contributed by atoms with Crippen molar-refractivity contribution in [2.75, 3.05) is 6.61 Å². The average molecular weight is 440 g/mol. The predicted molar refractivity (Wildman–Crippen MR) is 102 cm³/mol. The topological polar surface area (TPSA) is 57.2 Å². The molecule has 0 spiro atoms. The summed E-state index contributed by atoms with van der Waals surface area (Å²) in [5.74, 6) is 0.0502. The van der Waals surface area contributed by atoms with E-state index in [1.807, 2.05) is 0 Å². The Morgan fingerprint density at radius 3 is 2.71 bits per heavy atom. The van der Waals surface area contributed by atoms with Crippen LogP contribution in [0.4, 0.5) is 13.2 Å². The van der Waals surface area contributed by atoms with Gasteiger partial charge in [0.1, 0.15) is 0 Å². The quantitative estimate of drug-likeness (QED) is 0.628. The van der Waals surface area contributed by atoms with E-state index in [1.165, 1.54) is 6.07 Å². The number of ether oxygens (including phenoxy) is 2.